The second-order valence-electron chi connectivity index (χ2n) is 4.29. The summed E-state index contributed by atoms with van der Waals surface area (Å²) in [6, 6.07) is 6.44. The van der Waals surface area contributed by atoms with Gasteiger partial charge in [-0.05, 0) is 25.0 Å². The molecule has 1 saturated carbocycles. The Morgan fingerprint density at radius 3 is 2.76 bits per heavy atom. The number of benzene rings is 1. The standard InChI is InChI=1S/C13H14FNO2/c1-16-11-3-2-10(14)8-12(11)17-7-6-13(9-15)4-5-13/h2-3,8H,4-7H2,1H3. The van der Waals surface area contributed by atoms with E-state index in [1.165, 1.54) is 25.3 Å². The normalized spacial score (nSPS) is 16.1. The molecule has 1 aliphatic rings. The Labute approximate surface area is 99.8 Å². The van der Waals surface area contributed by atoms with E-state index in [9.17, 15) is 4.39 Å². The lowest BCUT2D eigenvalue weighted by molar-refractivity contribution is 0.270. The molecule has 1 fully saturated rings. The van der Waals surface area contributed by atoms with Gasteiger partial charge in [0.1, 0.15) is 5.82 Å². The zero-order valence-corrected chi connectivity index (χ0v) is 9.70. The van der Waals surface area contributed by atoms with Crippen molar-refractivity contribution >= 4 is 0 Å². The minimum Gasteiger partial charge on any atom is -0.493 e. The van der Waals surface area contributed by atoms with E-state index in [-0.39, 0.29) is 11.2 Å². The van der Waals surface area contributed by atoms with Crippen LogP contribution in [0, 0.1) is 22.6 Å². The van der Waals surface area contributed by atoms with Crippen LogP contribution >= 0.6 is 0 Å². The zero-order valence-electron chi connectivity index (χ0n) is 9.70. The van der Waals surface area contributed by atoms with Gasteiger partial charge in [0.15, 0.2) is 11.5 Å². The van der Waals surface area contributed by atoms with Gasteiger partial charge in [-0.1, -0.05) is 0 Å². The zero-order chi connectivity index (χ0) is 12.3. The lowest BCUT2D eigenvalue weighted by atomic mass is 10.1. The van der Waals surface area contributed by atoms with Gasteiger partial charge in [0.25, 0.3) is 0 Å². The fourth-order valence-corrected chi connectivity index (χ4v) is 1.69. The number of hydrogen-bond acceptors (Lipinski definition) is 3. The average Bonchev–Trinajstić information content (AvgIpc) is 3.10. The van der Waals surface area contributed by atoms with Crippen LogP contribution in [-0.4, -0.2) is 13.7 Å². The molecule has 0 aromatic heterocycles. The topological polar surface area (TPSA) is 42.2 Å². The van der Waals surface area contributed by atoms with Gasteiger partial charge in [-0.3, -0.25) is 0 Å². The fraction of sp³-hybridized carbons (Fsp3) is 0.462. The lowest BCUT2D eigenvalue weighted by Gasteiger charge is -2.11. The first-order chi connectivity index (χ1) is 8.19. The van der Waals surface area contributed by atoms with Gasteiger partial charge in [-0.2, -0.15) is 5.26 Å². The van der Waals surface area contributed by atoms with Crippen molar-refractivity contribution < 1.29 is 13.9 Å². The van der Waals surface area contributed by atoms with Crippen molar-refractivity contribution in [2.75, 3.05) is 13.7 Å². The summed E-state index contributed by atoms with van der Waals surface area (Å²) in [7, 11) is 1.51. The lowest BCUT2D eigenvalue weighted by Crippen LogP contribution is -2.06. The van der Waals surface area contributed by atoms with Gasteiger partial charge < -0.3 is 9.47 Å². The van der Waals surface area contributed by atoms with E-state index in [2.05, 4.69) is 6.07 Å². The molecule has 1 aliphatic carbocycles. The Bertz CT molecular complexity index is 449. The highest BCUT2D eigenvalue weighted by Gasteiger charge is 2.42. The summed E-state index contributed by atoms with van der Waals surface area (Å²) in [4.78, 5) is 0. The van der Waals surface area contributed by atoms with E-state index in [4.69, 9.17) is 14.7 Å². The first kappa shape index (κ1) is 11.7. The van der Waals surface area contributed by atoms with Crippen LogP contribution in [0.5, 0.6) is 11.5 Å². The SMILES string of the molecule is COc1ccc(F)cc1OCCC1(C#N)CC1. The summed E-state index contributed by atoms with van der Waals surface area (Å²) < 4.78 is 23.6. The molecule has 0 N–H and O–H groups in total. The summed E-state index contributed by atoms with van der Waals surface area (Å²) in [6.45, 7) is 0.410. The van der Waals surface area contributed by atoms with Crippen LogP contribution in [0.2, 0.25) is 0 Å². The largest absolute Gasteiger partial charge is 0.493 e. The second-order valence-corrected chi connectivity index (χ2v) is 4.29. The van der Waals surface area contributed by atoms with Crippen LogP contribution in [0.15, 0.2) is 18.2 Å². The second kappa shape index (κ2) is 4.62. The molecule has 1 aromatic rings. The van der Waals surface area contributed by atoms with Crippen LogP contribution in [0.3, 0.4) is 0 Å². The molecule has 0 spiro atoms. The molecule has 0 atom stereocenters. The first-order valence-corrected chi connectivity index (χ1v) is 5.57. The van der Waals surface area contributed by atoms with Gasteiger partial charge in [-0.25, -0.2) is 4.39 Å². The summed E-state index contributed by atoms with van der Waals surface area (Å²) in [5.74, 6) is 0.539. The number of nitrogens with zero attached hydrogens (tertiary/aromatic N) is 1. The van der Waals surface area contributed by atoms with Gasteiger partial charge in [0, 0.05) is 12.5 Å². The van der Waals surface area contributed by atoms with E-state index < -0.39 is 0 Å². The Balaban J connectivity index is 1.94. The van der Waals surface area contributed by atoms with Crippen LogP contribution in [0.1, 0.15) is 19.3 Å². The molecule has 0 bridgehead atoms. The molecule has 3 nitrogen and oxygen atoms in total. The van der Waals surface area contributed by atoms with Gasteiger partial charge in [0.05, 0.1) is 25.2 Å². The molecule has 17 heavy (non-hydrogen) atoms. The van der Waals surface area contributed by atoms with Crippen LogP contribution in [0.25, 0.3) is 0 Å². The van der Waals surface area contributed by atoms with Crippen molar-refractivity contribution in [3.8, 4) is 17.6 Å². The van der Waals surface area contributed by atoms with Crippen molar-refractivity contribution in [1.29, 1.82) is 5.26 Å². The quantitative estimate of drug-likeness (QED) is 0.788. The summed E-state index contributed by atoms with van der Waals surface area (Å²) >= 11 is 0. The Morgan fingerprint density at radius 1 is 1.41 bits per heavy atom. The molecule has 0 aliphatic heterocycles. The number of rotatable bonds is 5. The van der Waals surface area contributed by atoms with E-state index in [1.54, 1.807) is 0 Å². The van der Waals surface area contributed by atoms with Crippen molar-refractivity contribution in [3.05, 3.63) is 24.0 Å². The molecule has 0 unspecified atom stereocenters. The van der Waals surface area contributed by atoms with E-state index in [1.807, 2.05) is 0 Å². The first-order valence-electron chi connectivity index (χ1n) is 5.57. The van der Waals surface area contributed by atoms with Crippen LogP contribution < -0.4 is 9.47 Å². The highest BCUT2D eigenvalue weighted by Crippen LogP contribution is 2.48. The van der Waals surface area contributed by atoms with Gasteiger partial charge in [-0.15, -0.1) is 0 Å². The predicted molar refractivity (Wildman–Crippen MR) is 60.3 cm³/mol. The van der Waals surface area contributed by atoms with Crippen molar-refractivity contribution in [3.63, 3.8) is 0 Å². The molecule has 0 radical (unpaired) electrons. The number of hydrogen-bond donors (Lipinski definition) is 0. The monoisotopic (exact) mass is 235 g/mol. The molecular formula is C13H14FNO2. The Hall–Kier alpha value is -1.76. The highest BCUT2D eigenvalue weighted by molar-refractivity contribution is 5.39. The summed E-state index contributed by atoms with van der Waals surface area (Å²) in [5, 5.41) is 8.91. The average molecular weight is 235 g/mol. The van der Waals surface area contributed by atoms with E-state index in [0.29, 0.717) is 24.5 Å². The molecule has 90 valence electrons. The van der Waals surface area contributed by atoms with Crippen molar-refractivity contribution in [2.45, 2.75) is 19.3 Å². The molecule has 4 heteroatoms. The van der Waals surface area contributed by atoms with Crippen LogP contribution in [-0.2, 0) is 0 Å². The molecule has 0 amide bonds. The fourth-order valence-electron chi connectivity index (χ4n) is 1.69. The number of halogens is 1. The van der Waals surface area contributed by atoms with Crippen LogP contribution in [0.4, 0.5) is 4.39 Å². The maximum absolute atomic E-state index is 13.0. The van der Waals surface area contributed by atoms with Gasteiger partial charge in [0.2, 0.25) is 0 Å². The Morgan fingerprint density at radius 2 is 2.18 bits per heavy atom. The number of nitriles is 1. The maximum atomic E-state index is 13.0. The predicted octanol–water partition coefficient (Wildman–Crippen LogP) is 2.91. The van der Waals surface area contributed by atoms with Crippen molar-refractivity contribution in [2.24, 2.45) is 5.41 Å². The van der Waals surface area contributed by atoms with Gasteiger partial charge >= 0.3 is 0 Å². The smallest absolute Gasteiger partial charge is 0.164 e. The minimum atomic E-state index is -0.359. The molecule has 0 saturated heterocycles. The minimum absolute atomic E-state index is 0.194. The molecular weight excluding hydrogens is 221 g/mol. The van der Waals surface area contributed by atoms with E-state index >= 15 is 0 Å². The third kappa shape index (κ3) is 2.68. The maximum Gasteiger partial charge on any atom is 0.164 e. The Kier molecular flexibility index (Phi) is 3.19. The molecule has 2 rings (SSSR count). The summed E-state index contributed by atoms with van der Waals surface area (Å²) in [6.07, 6.45) is 2.56. The summed E-state index contributed by atoms with van der Waals surface area (Å²) in [5.41, 5.74) is -0.194. The van der Waals surface area contributed by atoms with Crippen molar-refractivity contribution in [1.82, 2.24) is 0 Å². The van der Waals surface area contributed by atoms with E-state index in [0.717, 1.165) is 12.8 Å². The molecule has 1 aromatic carbocycles. The number of methoxy groups -OCH3 is 1. The molecule has 0 heterocycles. The third-order valence-electron chi connectivity index (χ3n) is 3.05. The highest BCUT2D eigenvalue weighted by atomic mass is 19.1. The number of ether oxygens (including phenoxy) is 2. The third-order valence-corrected chi connectivity index (χ3v) is 3.05.